The largest absolute Gasteiger partial charge is 0.508 e. The molecule has 3 aromatic carbocycles. The minimum atomic E-state index is -1.01. The summed E-state index contributed by atoms with van der Waals surface area (Å²) in [6.45, 7) is 0. The second kappa shape index (κ2) is 8.73. The van der Waals surface area contributed by atoms with Crippen LogP contribution in [0.2, 0.25) is 0 Å². The number of aromatic hydroxyl groups is 1. The lowest BCUT2D eigenvalue weighted by Gasteiger charge is -2.42. The van der Waals surface area contributed by atoms with E-state index in [0.29, 0.717) is 0 Å². The maximum absolute atomic E-state index is 11.5. The van der Waals surface area contributed by atoms with Gasteiger partial charge in [0.2, 0.25) is 0 Å². The van der Waals surface area contributed by atoms with Crippen molar-refractivity contribution in [3.63, 3.8) is 0 Å². The van der Waals surface area contributed by atoms with Crippen LogP contribution < -0.4 is 10.6 Å². The molecule has 3 heterocycles. The maximum atomic E-state index is 11.5. The van der Waals surface area contributed by atoms with Crippen LogP contribution in [0.4, 0.5) is 16.3 Å². The monoisotopic (exact) mass is 515 g/mol. The quantitative estimate of drug-likeness (QED) is 0.208. The van der Waals surface area contributed by atoms with E-state index in [-0.39, 0.29) is 5.75 Å². The molecular weight excluding hydrogens is 490 g/mol. The molecule has 1 fully saturated rings. The summed E-state index contributed by atoms with van der Waals surface area (Å²) < 4.78 is 2.13. The van der Waals surface area contributed by atoms with Gasteiger partial charge in [0.05, 0.1) is 28.3 Å². The van der Waals surface area contributed by atoms with Crippen LogP contribution in [-0.2, 0) is 5.54 Å². The Morgan fingerprint density at radius 1 is 0.923 bits per heavy atom. The molecule has 1 saturated carbocycles. The van der Waals surface area contributed by atoms with Crippen LogP contribution in [0.1, 0.15) is 24.8 Å². The van der Waals surface area contributed by atoms with E-state index in [1.807, 2.05) is 72.8 Å². The SMILES string of the molecule is O=C(O)NC1(c2ccc(-c3c(-c4ccc(O)cc4)nc4n3-c3cccnc3Nc3ccccc3-4)cc2)CCC1. The van der Waals surface area contributed by atoms with Gasteiger partial charge in [-0.1, -0.05) is 36.4 Å². The van der Waals surface area contributed by atoms with Crippen LogP contribution in [0, 0.1) is 0 Å². The Morgan fingerprint density at radius 3 is 2.38 bits per heavy atom. The highest BCUT2D eigenvalue weighted by Gasteiger charge is 2.40. The lowest BCUT2D eigenvalue weighted by Crippen LogP contribution is -2.50. The van der Waals surface area contributed by atoms with E-state index in [2.05, 4.69) is 20.2 Å². The summed E-state index contributed by atoms with van der Waals surface area (Å²) in [4.78, 5) is 21.3. The van der Waals surface area contributed by atoms with Gasteiger partial charge >= 0.3 is 6.09 Å². The van der Waals surface area contributed by atoms with Crippen molar-refractivity contribution >= 4 is 17.6 Å². The van der Waals surface area contributed by atoms with Crippen LogP contribution in [0.3, 0.4) is 0 Å². The van der Waals surface area contributed by atoms with Gasteiger partial charge < -0.3 is 20.8 Å². The summed E-state index contributed by atoms with van der Waals surface area (Å²) in [6, 6.07) is 27.1. The summed E-state index contributed by atoms with van der Waals surface area (Å²) in [5.41, 5.74) is 6.57. The van der Waals surface area contributed by atoms with Crippen LogP contribution in [0.25, 0.3) is 39.6 Å². The van der Waals surface area contributed by atoms with E-state index >= 15 is 0 Å². The summed E-state index contributed by atoms with van der Waals surface area (Å²) >= 11 is 0. The van der Waals surface area contributed by atoms with Crippen molar-refractivity contribution in [3.8, 4) is 45.3 Å². The van der Waals surface area contributed by atoms with Gasteiger partial charge in [-0.25, -0.2) is 14.8 Å². The highest BCUT2D eigenvalue weighted by molar-refractivity contribution is 5.91. The van der Waals surface area contributed by atoms with E-state index in [0.717, 1.165) is 75.9 Å². The number of anilines is 2. The van der Waals surface area contributed by atoms with Crippen molar-refractivity contribution in [1.82, 2.24) is 19.9 Å². The standard InChI is InChI=1S/C31H25N5O3/c37-22-14-10-19(11-15-22)26-27(20-8-12-21(13-9-20)31(16-4-17-31)35-30(38)39)36-25-7-3-18-32-28(25)33-24-6-2-1-5-23(24)29(36)34-26/h1-3,5-15,18,35,37H,4,16-17H2,(H,32,33)(H,38,39). The second-order valence-electron chi connectivity index (χ2n) is 10.00. The van der Waals surface area contributed by atoms with Gasteiger partial charge in [0.25, 0.3) is 0 Å². The number of fused-ring (bicyclic) bond motifs is 5. The Labute approximate surface area is 224 Å². The van der Waals surface area contributed by atoms with Crippen LogP contribution in [-0.4, -0.2) is 30.8 Å². The van der Waals surface area contributed by atoms with Crippen molar-refractivity contribution in [2.45, 2.75) is 24.8 Å². The van der Waals surface area contributed by atoms with Crippen LogP contribution >= 0.6 is 0 Å². The predicted octanol–water partition coefficient (Wildman–Crippen LogP) is 6.68. The number of hydrogen-bond acceptors (Lipinski definition) is 5. The van der Waals surface area contributed by atoms with E-state index in [9.17, 15) is 15.0 Å². The smallest absolute Gasteiger partial charge is 0.405 e. The van der Waals surface area contributed by atoms with Crippen molar-refractivity contribution in [2.75, 3.05) is 5.32 Å². The zero-order chi connectivity index (χ0) is 26.6. The fourth-order valence-corrected chi connectivity index (χ4v) is 5.68. The first-order valence-corrected chi connectivity index (χ1v) is 12.9. The van der Waals surface area contributed by atoms with Crippen molar-refractivity contribution in [2.24, 2.45) is 0 Å². The summed E-state index contributed by atoms with van der Waals surface area (Å²) in [6.07, 6.45) is 3.30. The molecule has 2 aliphatic rings. The average molecular weight is 516 g/mol. The molecule has 1 amide bonds. The van der Waals surface area contributed by atoms with Gasteiger partial charge in [0.15, 0.2) is 5.82 Å². The van der Waals surface area contributed by atoms with Gasteiger partial charge in [-0.05, 0) is 73.4 Å². The lowest BCUT2D eigenvalue weighted by atomic mass is 9.71. The number of aromatic nitrogens is 3. The number of phenols is 1. The third-order valence-electron chi connectivity index (χ3n) is 7.73. The molecule has 39 heavy (non-hydrogen) atoms. The number of nitrogens with one attached hydrogen (secondary N) is 2. The van der Waals surface area contributed by atoms with E-state index < -0.39 is 11.6 Å². The topological polar surface area (TPSA) is 112 Å². The summed E-state index contributed by atoms with van der Waals surface area (Å²) in [5, 5.41) is 25.6. The fraction of sp³-hybridized carbons (Fsp3) is 0.129. The molecule has 0 atom stereocenters. The molecule has 192 valence electrons. The second-order valence-corrected chi connectivity index (χ2v) is 10.00. The zero-order valence-corrected chi connectivity index (χ0v) is 20.9. The van der Waals surface area contributed by atoms with E-state index in [1.54, 1.807) is 18.3 Å². The van der Waals surface area contributed by atoms with E-state index in [1.165, 1.54) is 0 Å². The van der Waals surface area contributed by atoms with Crippen molar-refractivity contribution in [1.29, 1.82) is 0 Å². The number of carboxylic acid groups (broad SMARTS) is 1. The third kappa shape index (κ3) is 3.72. The summed E-state index contributed by atoms with van der Waals surface area (Å²) in [7, 11) is 0. The first-order chi connectivity index (χ1) is 19.0. The number of benzene rings is 3. The molecule has 8 nitrogen and oxygen atoms in total. The number of rotatable bonds is 4. The van der Waals surface area contributed by atoms with Crippen LogP contribution in [0.15, 0.2) is 91.1 Å². The Morgan fingerprint density at radius 2 is 1.67 bits per heavy atom. The normalized spacial score (nSPS) is 14.6. The lowest BCUT2D eigenvalue weighted by molar-refractivity contribution is 0.144. The Bertz CT molecular complexity index is 1720. The molecule has 5 aromatic rings. The molecule has 0 saturated heterocycles. The number of pyridine rings is 1. The van der Waals surface area contributed by atoms with Gasteiger partial charge in [0.1, 0.15) is 11.6 Å². The Hall–Kier alpha value is -5.11. The molecule has 1 aliphatic carbocycles. The molecule has 0 radical (unpaired) electrons. The van der Waals surface area contributed by atoms with Gasteiger partial charge in [-0.15, -0.1) is 0 Å². The molecule has 0 spiro atoms. The van der Waals surface area contributed by atoms with Crippen molar-refractivity contribution in [3.05, 3.63) is 96.7 Å². The highest BCUT2D eigenvalue weighted by Crippen LogP contribution is 2.46. The maximum Gasteiger partial charge on any atom is 0.405 e. The predicted molar refractivity (Wildman–Crippen MR) is 149 cm³/mol. The average Bonchev–Trinajstić information content (AvgIpc) is 3.26. The molecule has 8 heteroatoms. The molecule has 7 rings (SSSR count). The number of phenolic OH excluding ortho intramolecular Hbond substituents is 1. The number of carbonyl (C=O) groups is 1. The number of imidazole rings is 1. The number of nitrogens with zero attached hydrogens (tertiary/aromatic N) is 3. The molecule has 4 N–H and O–H groups in total. The number of hydrogen-bond donors (Lipinski definition) is 4. The highest BCUT2D eigenvalue weighted by atomic mass is 16.4. The number of para-hydroxylation sites is 1. The molecule has 1 aliphatic heterocycles. The number of amides is 1. The van der Waals surface area contributed by atoms with Gasteiger partial charge in [-0.2, -0.15) is 0 Å². The minimum absolute atomic E-state index is 0.186. The van der Waals surface area contributed by atoms with Crippen molar-refractivity contribution < 1.29 is 15.0 Å². The first-order valence-electron chi connectivity index (χ1n) is 12.9. The molecule has 0 bridgehead atoms. The molecular formula is C31H25N5O3. The zero-order valence-electron chi connectivity index (χ0n) is 20.9. The first kappa shape index (κ1) is 23.0. The summed E-state index contributed by atoms with van der Waals surface area (Å²) in [5.74, 6) is 1.68. The van der Waals surface area contributed by atoms with Crippen LogP contribution in [0.5, 0.6) is 5.75 Å². The Balaban J connectivity index is 1.48. The Kier molecular flexibility index (Phi) is 5.16. The van der Waals surface area contributed by atoms with Gasteiger partial charge in [0, 0.05) is 22.9 Å². The minimum Gasteiger partial charge on any atom is -0.508 e. The molecule has 0 unspecified atom stereocenters. The fourth-order valence-electron chi connectivity index (χ4n) is 5.68. The third-order valence-corrected chi connectivity index (χ3v) is 7.73. The van der Waals surface area contributed by atoms with Gasteiger partial charge in [-0.3, -0.25) is 4.57 Å². The molecule has 2 aromatic heterocycles. The van der Waals surface area contributed by atoms with E-state index in [4.69, 9.17) is 4.98 Å².